The van der Waals surface area contributed by atoms with Crippen LogP contribution in [0, 0.1) is 11.3 Å². The van der Waals surface area contributed by atoms with Crippen LogP contribution in [-0.2, 0) is 0 Å². The van der Waals surface area contributed by atoms with Gasteiger partial charge in [-0.05, 0) is 30.7 Å². The SMILES string of the molecule is CCN1CC=C(c2cc3cccc(C#N)c3[nH]2)CC1. The Morgan fingerprint density at radius 1 is 1.42 bits per heavy atom. The monoisotopic (exact) mass is 251 g/mol. The minimum atomic E-state index is 0.718. The molecule has 1 N–H and O–H groups in total. The van der Waals surface area contributed by atoms with E-state index in [2.05, 4.69) is 41.1 Å². The van der Waals surface area contributed by atoms with Gasteiger partial charge in [-0.3, -0.25) is 4.90 Å². The lowest BCUT2D eigenvalue weighted by atomic mass is 10.0. The first-order valence-electron chi connectivity index (χ1n) is 6.75. The number of hydrogen-bond acceptors (Lipinski definition) is 2. The summed E-state index contributed by atoms with van der Waals surface area (Å²) < 4.78 is 0. The average Bonchev–Trinajstić information content (AvgIpc) is 2.91. The molecular weight excluding hydrogens is 234 g/mol. The van der Waals surface area contributed by atoms with Crippen molar-refractivity contribution in [3.05, 3.63) is 41.6 Å². The first kappa shape index (κ1) is 12.0. The summed E-state index contributed by atoms with van der Waals surface area (Å²) in [6.07, 6.45) is 3.37. The lowest BCUT2D eigenvalue weighted by molar-refractivity contribution is 0.318. The predicted octanol–water partition coefficient (Wildman–Crippen LogP) is 3.15. The number of rotatable bonds is 2. The second-order valence-electron chi connectivity index (χ2n) is 4.94. The van der Waals surface area contributed by atoms with E-state index in [-0.39, 0.29) is 0 Å². The van der Waals surface area contributed by atoms with Crippen LogP contribution in [-0.4, -0.2) is 29.5 Å². The van der Waals surface area contributed by atoms with E-state index in [1.807, 2.05) is 12.1 Å². The van der Waals surface area contributed by atoms with Crippen molar-refractivity contribution in [2.24, 2.45) is 0 Å². The van der Waals surface area contributed by atoms with Gasteiger partial charge in [0, 0.05) is 24.2 Å². The smallest absolute Gasteiger partial charge is 0.101 e. The molecule has 0 radical (unpaired) electrons. The Kier molecular flexibility index (Phi) is 3.10. The van der Waals surface area contributed by atoms with E-state index in [1.165, 1.54) is 5.57 Å². The third kappa shape index (κ3) is 2.16. The zero-order chi connectivity index (χ0) is 13.2. The lowest BCUT2D eigenvalue weighted by Gasteiger charge is -2.24. The second-order valence-corrected chi connectivity index (χ2v) is 4.94. The Balaban J connectivity index is 1.99. The van der Waals surface area contributed by atoms with E-state index < -0.39 is 0 Å². The molecule has 1 aromatic carbocycles. The summed E-state index contributed by atoms with van der Waals surface area (Å²) in [6, 6.07) is 10.2. The Labute approximate surface area is 113 Å². The van der Waals surface area contributed by atoms with Crippen molar-refractivity contribution in [1.82, 2.24) is 9.88 Å². The summed E-state index contributed by atoms with van der Waals surface area (Å²) in [5.41, 5.74) is 4.20. The van der Waals surface area contributed by atoms with Crippen LogP contribution in [0.5, 0.6) is 0 Å². The first-order valence-corrected chi connectivity index (χ1v) is 6.75. The molecule has 19 heavy (non-hydrogen) atoms. The van der Waals surface area contributed by atoms with Crippen molar-refractivity contribution in [3.63, 3.8) is 0 Å². The molecule has 0 atom stereocenters. The normalized spacial score (nSPS) is 16.3. The molecule has 0 saturated heterocycles. The standard InChI is InChI=1S/C16H17N3/c1-2-19-8-6-12(7-9-19)15-10-13-4-3-5-14(11-17)16(13)18-15/h3-6,10,18H,2,7-9H2,1H3. The molecule has 1 aromatic heterocycles. The van der Waals surface area contributed by atoms with Gasteiger partial charge in [-0.2, -0.15) is 5.26 Å². The fraction of sp³-hybridized carbons (Fsp3) is 0.312. The number of fused-ring (bicyclic) bond motifs is 1. The molecule has 3 nitrogen and oxygen atoms in total. The molecule has 0 unspecified atom stereocenters. The van der Waals surface area contributed by atoms with Crippen molar-refractivity contribution in [2.45, 2.75) is 13.3 Å². The Bertz CT molecular complexity index is 673. The fourth-order valence-corrected chi connectivity index (χ4v) is 2.67. The topological polar surface area (TPSA) is 42.8 Å². The summed E-state index contributed by atoms with van der Waals surface area (Å²) >= 11 is 0. The number of nitrogens with zero attached hydrogens (tertiary/aromatic N) is 2. The third-order valence-corrected chi connectivity index (χ3v) is 3.86. The molecule has 0 amide bonds. The summed E-state index contributed by atoms with van der Waals surface area (Å²) in [5.74, 6) is 0. The van der Waals surface area contributed by atoms with Gasteiger partial charge in [0.25, 0.3) is 0 Å². The van der Waals surface area contributed by atoms with Crippen LogP contribution >= 0.6 is 0 Å². The van der Waals surface area contributed by atoms with Gasteiger partial charge >= 0.3 is 0 Å². The minimum absolute atomic E-state index is 0.718. The van der Waals surface area contributed by atoms with Gasteiger partial charge in [0.2, 0.25) is 0 Å². The van der Waals surface area contributed by atoms with Crippen molar-refractivity contribution < 1.29 is 0 Å². The van der Waals surface area contributed by atoms with Gasteiger partial charge in [-0.1, -0.05) is 25.1 Å². The van der Waals surface area contributed by atoms with Gasteiger partial charge in [0.05, 0.1) is 11.1 Å². The molecule has 0 spiro atoms. The highest BCUT2D eigenvalue weighted by molar-refractivity contribution is 5.88. The van der Waals surface area contributed by atoms with E-state index in [0.717, 1.165) is 48.2 Å². The maximum atomic E-state index is 9.13. The molecule has 0 saturated carbocycles. The molecule has 0 aliphatic carbocycles. The highest BCUT2D eigenvalue weighted by atomic mass is 15.1. The highest BCUT2D eigenvalue weighted by Crippen LogP contribution is 2.26. The van der Waals surface area contributed by atoms with Crippen molar-refractivity contribution in [3.8, 4) is 6.07 Å². The van der Waals surface area contributed by atoms with Gasteiger partial charge < -0.3 is 4.98 Å². The third-order valence-electron chi connectivity index (χ3n) is 3.86. The van der Waals surface area contributed by atoms with Crippen LogP contribution in [0.15, 0.2) is 30.3 Å². The summed E-state index contributed by atoms with van der Waals surface area (Å²) in [5, 5.41) is 10.2. The van der Waals surface area contributed by atoms with Crippen molar-refractivity contribution in [2.75, 3.05) is 19.6 Å². The van der Waals surface area contributed by atoms with E-state index in [1.54, 1.807) is 0 Å². The maximum Gasteiger partial charge on any atom is 0.101 e. The van der Waals surface area contributed by atoms with Crippen LogP contribution in [0.3, 0.4) is 0 Å². The number of likely N-dealkylation sites (N-methyl/N-ethyl adjacent to an activating group) is 1. The number of hydrogen-bond donors (Lipinski definition) is 1. The van der Waals surface area contributed by atoms with E-state index in [0.29, 0.717) is 0 Å². The summed E-state index contributed by atoms with van der Waals surface area (Å²) in [4.78, 5) is 5.83. The minimum Gasteiger partial charge on any atom is -0.354 e. The molecule has 96 valence electrons. The largest absolute Gasteiger partial charge is 0.354 e. The van der Waals surface area contributed by atoms with E-state index in [9.17, 15) is 0 Å². The predicted molar refractivity (Wildman–Crippen MR) is 77.7 cm³/mol. The highest BCUT2D eigenvalue weighted by Gasteiger charge is 2.13. The van der Waals surface area contributed by atoms with Crippen LogP contribution in [0.25, 0.3) is 16.5 Å². The molecule has 1 aliphatic rings. The summed E-state index contributed by atoms with van der Waals surface area (Å²) in [7, 11) is 0. The first-order chi connectivity index (χ1) is 9.31. The van der Waals surface area contributed by atoms with Gasteiger partial charge in [0.15, 0.2) is 0 Å². The summed E-state index contributed by atoms with van der Waals surface area (Å²) in [6.45, 7) is 5.44. The van der Waals surface area contributed by atoms with Crippen LogP contribution in [0.1, 0.15) is 24.6 Å². The number of aromatic amines is 1. The maximum absolute atomic E-state index is 9.13. The quantitative estimate of drug-likeness (QED) is 0.891. The second kappa shape index (κ2) is 4.91. The van der Waals surface area contributed by atoms with Crippen molar-refractivity contribution >= 4 is 16.5 Å². The van der Waals surface area contributed by atoms with E-state index >= 15 is 0 Å². The Hall–Kier alpha value is -2.05. The Morgan fingerprint density at radius 2 is 2.32 bits per heavy atom. The van der Waals surface area contributed by atoms with Crippen LogP contribution < -0.4 is 0 Å². The van der Waals surface area contributed by atoms with Gasteiger partial charge in [-0.15, -0.1) is 0 Å². The molecule has 3 rings (SSSR count). The number of nitrogens with one attached hydrogen (secondary N) is 1. The molecule has 2 heterocycles. The molecule has 2 aromatic rings. The fourth-order valence-electron chi connectivity index (χ4n) is 2.67. The Morgan fingerprint density at radius 3 is 3.00 bits per heavy atom. The van der Waals surface area contributed by atoms with Gasteiger partial charge in [0.1, 0.15) is 6.07 Å². The molecule has 3 heteroatoms. The molecule has 0 fully saturated rings. The average molecular weight is 251 g/mol. The van der Waals surface area contributed by atoms with Crippen molar-refractivity contribution in [1.29, 1.82) is 5.26 Å². The van der Waals surface area contributed by atoms with Gasteiger partial charge in [-0.25, -0.2) is 0 Å². The number of nitriles is 1. The number of benzene rings is 1. The molecule has 1 aliphatic heterocycles. The number of H-pyrrole nitrogens is 1. The van der Waals surface area contributed by atoms with Crippen LogP contribution in [0.2, 0.25) is 0 Å². The van der Waals surface area contributed by atoms with E-state index in [4.69, 9.17) is 5.26 Å². The number of aromatic nitrogens is 1. The van der Waals surface area contributed by atoms with Crippen LogP contribution in [0.4, 0.5) is 0 Å². The zero-order valence-electron chi connectivity index (χ0n) is 11.1. The zero-order valence-corrected chi connectivity index (χ0v) is 11.1. The molecule has 0 bridgehead atoms. The number of para-hydroxylation sites is 1. The lowest BCUT2D eigenvalue weighted by Crippen LogP contribution is -2.28. The molecular formula is C16H17N3.